The molecule has 238 valence electrons. The number of benzene rings is 2. The first-order valence-corrected chi connectivity index (χ1v) is 16.9. The van der Waals surface area contributed by atoms with E-state index < -0.39 is 5.41 Å². The summed E-state index contributed by atoms with van der Waals surface area (Å²) >= 11 is 12.3. The molecule has 8 nitrogen and oxygen atoms in total. The number of nitrogens with zero attached hydrogens (tertiary/aromatic N) is 5. The molecule has 1 N–H and O–H groups in total. The van der Waals surface area contributed by atoms with Crippen molar-refractivity contribution in [3.05, 3.63) is 76.1 Å². The molecule has 3 aliphatic heterocycles. The number of nitrogens with one attached hydrogen (secondary N) is 1. The third kappa shape index (κ3) is 7.02. The molecule has 0 aliphatic carbocycles. The van der Waals surface area contributed by atoms with Gasteiger partial charge in [-0.15, -0.1) is 11.6 Å². The highest BCUT2D eigenvalue weighted by molar-refractivity contribution is 6.32. The van der Waals surface area contributed by atoms with Crippen LogP contribution in [0.1, 0.15) is 61.9 Å². The Bertz CT molecular complexity index is 1500. The molecule has 3 fully saturated rings. The van der Waals surface area contributed by atoms with Crippen LogP contribution in [0.25, 0.3) is 0 Å². The van der Waals surface area contributed by atoms with Crippen LogP contribution in [0, 0.1) is 16.7 Å². The standard InChI is InChI=1S/C35H42Cl2N6O2/c1-34(2,27-19-25(21-38)32(31(37)20-27)44-18-12-36)26-3-5-30(6-4-26)45-24-28-7-13-40-33(41-28)43-16-10-35(11-17-43)8-14-42(15-9-35)29-22-39-23-29/h3-7,13,19-20,29,39H,8-12,14-18,22-24H2,1-2H3. The summed E-state index contributed by atoms with van der Waals surface area (Å²) in [5.41, 5.74) is 3.33. The predicted molar refractivity (Wildman–Crippen MR) is 179 cm³/mol. The zero-order valence-electron chi connectivity index (χ0n) is 26.2. The van der Waals surface area contributed by atoms with Crippen LogP contribution in [0.4, 0.5) is 5.95 Å². The summed E-state index contributed by atoms with van der Waals surface area (Å²) in [7, 11) is 0. The Balaban J connectivity index is 1.04. The minimum absolute atomic E-state index is 0.285. The maximum absolute atomic E-state index is 9.72. The Morgan fingerprint density at radius 2 is 1.71 bits per heavy atom. The number of aromatic nitrogens is 2. The first kappa shape index (κ1) is 31.9. The van der Waals surface area contributed by atoms with E-state index in [4.69, 9.17) is 37.7 Å². The Kier molecular flexibility index (Phi) is 9.72. The first-order chi connectivity index (χ1) is 21.8. The Morgan fingerprint density at radius 1 is 1.00 bits per heavy atom. The summed E-state index contributed by atoms with van der Waals surface area (Å²) in [6.07, 6.45) is 6.90. The van der Waals surface area contributed by atoms with Crippen molar-refractivity contribution in [1.29, 1.82) is 5.26 Å². The van der Waals surface area contributed by atoms with Gasteiger partial charge >= 0.3 is 0 Å². The Labute approximate surface area is 276 Å². The van der Waals surface area contributed by atoms with Crippen molar-refractivity contribution < 1.29 is 9.47 Å². The van der Waals surface area contributed by atoms with Crippen LogP contribution >= 0.6 is 23.2 Å². The van der Waals surface area contributed by atoms with E-state index in [1.807, 2.05) is 36.5 Å². The van der Waals surface area contributed by atoms with Crippen LogP contribution in [0.2, 0.25) is 5.02 Å². The van der Waals surface area contributed by atoms with Gasteiger partial charge < -0.3 is 19.7 Å². The van der Waals surface area contributed by atoms with Gasteiger partial charge in [-0.2, -0.15) is 5.26 Å². The van der Waals surface area contributed by atoms with Crippen LogP contribution in [0.15, 0.2) is 48.7 Å². The van der Waals surface area contributed by atoms with E-state index >= 15 is 0 Å². The van der Waals surface area contributed by atoms with Gasteiger partial charge in [0.15, 0.2) is 5.75 Å². The van der Waals surface area contributed by atoms with E-state index in [1.54, 1.807) is 0 Å². The number of ether oxygens (including phenoxy) is 2. The molecule has 6 rings (SSSR count). The molecular weight excluding hydrogens is 607 g/mol. The van der Waals surface area contributed by atoms with Gasteiger partial charge in [-0.25, -0.2) is 9.97 Å². The molecule has 4 heterocycles. The van der Waals surface area contributed by atoms with Gasteiger partial charge in [0.1, 0.15) is 25.0 Å². The fourth-order valence-corrected chi connectivity index (χ4v) is 7.16. The smallest absolute Gasteiger partial charge is 0.225 e. The highest BCUT2D eigenvalue weighted by atomic mass is 35.5. The second-order valence-electron chi connectivity index (χ2n) is 13.1. The fraction of sp³-hybridized carbons (Fsp3) is 0.514. The number of anilines is 1. The topological polar surface area (TPSA) is 86.5 Å². The second kappa shape index (κ2) is 13.7. The normalized spacial score (nSPS) is 18.8. The Morgan fingerprint density at radius 3 is 2.36 bits per heavy atom. The summed E-state index contributed by atoms with van der Waals surface area (Å²) < 4.78 is 11.8. The van der Waals surface area contributed by atoms with Gasteiger partial charge in [0.25, 0.3) is 0 Å². The van der Waals surface area contributed by atoms with E-state index in [2.05, 4.69) is 52.2 Å². The van der Waals surface area contributed by atoms with Gasteiger partial charge in [0.2, 0.25) is 5.95 Å². The maximum Gasteiger partial charge on any atom is 0.225 e. The lowest BCUT2D eigenvalue weighted by Gasteiger charge is -2.50. The summed E-state index contributed by atoms with van der Waals surface area (Å²) in [6.45, 7) is 11.7. The lowest BCUT2D eigenvalue weighted by molar-refractivity contribution is 0.0387. The number of alkyl halides is 1. The summed E-state index contributed by atoms with van der Waals surface area (Å²) in [5.74, 6) is 2.26. The van der Waals surface area contributed by atoms with E-state index in [0.29, 0.717) is 34.2 Å². The first-order valence-electron chi connectivity index (χ1n) is 16.0. The summed E-state index contributed by atoms with van der Waals surface area (Å²) in [6, 6.07) is 16.6. The third-order valence-electron chi connectivity index (χ3n) is 10.1. The number of halogens is 2. The van der Waals surface area contributed by atoms with Crippen molar-refractivity contribution in [2.24, 2.45) is 5.41 Å². The minimum atomic E-state index is -0.404. The average molecular weight is 650 g/mol. The molecule has 3 aromatic rings. The number of nitriles is 1. The van der Waals surface area contributed by atoms with Gasteiger partial charge in [-0.05, 0) is 85.6 Å². The lowest BCUT2D eigenvalue weighted by atomic mass is 9.71. The zero-order valence-corrected chi connectivity index (χ0v) is 27.7. The molecule has 0 atom stereocenters. The van der Waals surface area contributed by atoms with Crippen LogP contribution in [-0.2, 0) is 12.0 Å². The number of hydrogen-bond acceptors (Lipinski definition) is 8. The Hall–Kier alpha value is -3.09. The quantitative estimate of drug-likeness (QED) is 0.261. The molecule has 3 aliphatic rings. The fourth-order valence-electron chi connectivity index (χ4n) is 6.81. The van der Waals surface area contributed by atoms with E-state index in [0.717, 1.165) is 60.7 Å². The molecule has 0 bridgehead atoms. The minimum Gasteiger partial charge on any atom is -0.489 e. The molecule has 1 aromatic heterocycles. The maximum atomic E-state index is 9.72. The molecular formula is C35H42Cl2N6O2. The zero-order chi connectivity index (χ0) is 31.4. The van der Waals surface area contributed by atoms with Gasteiger partial charge in [-0.3, -0.25) is 4.90 Å². The van der Waals surface area contributed by atoms with Crippen LogP contribution in [0.5, 0.6) is 11.5 Å². The number of likely N-dealkylation sites (tertiary alicyclic amines) is 1. The van der Waals surface area contributed by atoms with Gasteiger partial charge in [-0.1, -0.05) is 37.6 Å². The summed E-state index contributed by atoms with van der Waals surface area (Å²) in [5, 5.41) is 13.5. The van der Waals surface area contributed by atoms with E-state index in [1.165, 1.54) is 38.8 Å². The molecule has 2 aromatic carbocycles. The van der Waals surface area contributed by atoms with Crippen molar-refractivity contribution in [2.45, 2.75) is 57.6 Å². The van der Waals surface area contributed by atoms with Crippen LogP contribution < -0.4 is 19.7 Å². The largest absolute Gasteiger partial charge is 0.489 e. The van der Waals surface area contributed by atoms with Crippen molar-refractivity contribution in [3.8, 4) is 17.6 Å². The highest BCUT2D eigenvalue weighted by Crippen LogP contribution is 2.42. The van der Waals surface area contributed by atoms with E-state index in [-0.39, 0.29) is 6.61 Å². The lowest BCUT2D eigenvalue weighted by Crippen LogP contribution is -2.60. The average Bonchev–Trinajstić information content (AvgIpc) is 3.04. The van der Waals surface area contributed by atoms with E-state index in [9.17, 15) is 5.26 Å². The number of rotatable bonds is 10. The highest BCUT2D eigenvalue weighted by Gasteiger charge is 2.40. The molecule has 1 spiro atoms. The molecule has 0 radical (unpaired) electrons. The molecule has 45 heavy (non-hydrogen) atoms. The van der Waals surface area contributed by atoms with Crippen LogP contribution in [0.3, 0.4) is 0 Å². The van der Waals surface area contributed by atoms with Crippen molar-refractivity contribution in [2.75, 3.05) is 56.7 Å². The van der Waals surface area contributed by atoms with Gasteiger partial charge in [0.05, 0.1) is 22.2 Å². The number of hydrogen-bond donors (Lipinski definition) is 1. The van der Waals surface area contributed by atoms with Gasteiger partial charge in [0, 0.05) is 43.8 Å². The molecule has 10 heteroatoms. The predicted octanol–water partition coefficient (Wildman–Crippen LogP) is 6.18. The SMILES string of the molecule is CC(C)(c1ccc(OCc2ccnc(N3CCC4(CC3)CCN(C3CNC3)CC4)n2)cc1)c1cc(Cl)c(OCCCl)c(C#N)c1. The van der Waals surface area contributed by atoms with Crippen molar-refractivity contribution >= 4 is 29.2 Å². The molecule has 3 saturated heterocycles. The molecule has 0 saturated carbocycles. The molecule has 0 amide bonds. The summed E-state index contributed by atoms with van der Waals surface area (Å²) in [4.78, 5) is 14.5. The number of piperidine rings is 2. The molecule has 0 unspecified atom stereocenters. The van der Waals surface area contributed by atoms with Crippen molar-refractivity contribution in [3.63, 3.8) is 0 Å². The van der Waals surface area contributed by atoms with Crippen molar-refractivity contribution in [1.82, 2.24) is 20.2 Å². The van der Waals surface area contributed by atoms with Crippen LogP contribution in [-0.4, -0.2) is 72.7 Å². The monoisotopic (exact) mass is 648 g/mol. The third-order valence-corrected chi connectivity index (χ3v) is 10.5. The second-order valence-corrected chi connectivity index (χ2v) is 13.9.